The maximum Gasteiger partial charge on any atom is 0.159 e. The van der Waals surface area contributed by atoms with Gasteiger partial charge >= 0.3 is 0 Å². The third-order valence-corrected chi connectivity index (χ3v) is 3.70. The largest absolute Gasteiger partial charge is 0.396 e. The molecule has 2 aromatic rings. The summed E-state index contributed by atoms with van der Waals surface area (Å²) >= 11 is 6.12. The van der Waals surface area contributed by atoms with Crippen molar-refractivity contribution in [1.29, 1.82) is 0 Å². The molecule has 0 aliphatic heterocycles. The lowest BCUT2D eigenvalue weighted by molar-refractivity contribution is 0.451. The SMILES string of the molecule is CC(C1CC1)n1ncc2c(Cl)c(N)cnc21. The molecule has 1 aliphatic rings. The Morgan fingerprint density at radius 2 is 2.25 bits per heavy atom. The number of aromatic nitrogens is 3. The Labute approximate surface area is 98.4 Å². The van der Waals surface area contributed by atoms with E-state index in [1.807, 2.05) is 4.68 Å². The van der Waals surface area contributed by atoms with Crippen molar-refractivity contribution >= 4 is 28.3 Å². The molecule has 4 nitrogen and oxygen atoms in total. The number of nitrogen functional groups attached to an aromatic ring is 1. The molecule has 1 unspecified atom stereocenters. The van der Waals surface area contributed by atoms with Crippen LogP contribution in [0.1, 0.15) is 25.8 Å². The fraction of sp³-hybridized carbons (Fsp3) is 0.455. The first-order chi connectivity index (χ1) is 7.68. The number of halogens is 1. The summed E-state index contributed by atoms with van der Waals surface area (Å²) in [5.74, 6) is 0.737. The van der Waals surface area contributed by atoms with Crippen molar-refractivity contribution in [2.24, 2.45) is 5.92 Å². The molecular weight excluding hydrogens is 224 g/mol. The van der Waals surface area contributed by atoms with E-state index in [-0.39, 0.29) is 0 Å². The van der Waals surface area contributed by atoms with Gasteiger partial charge in [0.2, 0.25) is 0 Å². The van der Waals surface area contributed by atoms with Crippen LogP contribution in [0.2, 0.25) is 5.02 Å². The van der Waals surface area contributed by atoms with Crippen molar-refractivity contribution in [1.82, 2.24) is 14.8 Å². The van der Waals surface area contributed by atoms with Crippen LogP contribution in [-0.2, 0) is 0 Å². The summed E-state index contributed by atoms with van der Waals surface area (Å²) in [5, 5.41) is 5.77. The summed E-state index contributed by atoms with van der Waals surface area (Å²) in [6.07, 6.45) is 5.92. The van der Waals surface area contributed by atoms with E-state index in [0.717, 1.165) is 17.0 Å². The zero-order chi connectivity index (χ0) is 11.3. The third-order valence-electron chi connectivity index (χ3n) is 3.27. The molecule has 84 valence electrons. The lowest BCUT2D eigenvalue weighted by Gasteiger charge is -2.11. The maximum absolute atomic E-state index is 6.12. The molecule has 2 N–H and O–H groups in total. The molecule has 0 aromatic carbocycles. The number of hydrogen-bond acceptors (Lipinski definition) is 3. The van der Waals surface area contributed by atoms with Crippen LogP contribution in [0.4, 0.5) is 5.69 Å². The molecule has 2 heterocycles. The monoisotopic (exact) mass is 236 g/mol. The van der Waals surface area contributed by atoms with E-state index in [2.05, 4.69) is 17.0 Å². The molecule has 1 aliphatic carbocycles. The molecule has 0 bridgehead atoms. The number of nitrogens with two attached hydrogens (primary N) is 1. The molecule has 5 heteroatoms. The van der Waals surface area contributed by atoms with E-state index in [4.69, 9.17) is 17.3 Å². The highest BCUT2D eigenvalue weighted by atomic mass is 35.5. The lowest BCUT2D eigenvalue weighted by Crippen LogP contribution is -2.09. The van der Waals surface area contributed by atoms with Gasteiger partial charge in [-0.15, -0.1) is 0 Å². The maximum atomic E-state index is 6.12. The van der Waals surface area contributed by atoms with Crippen LogP contribution in [0.3, 0.4) is 0 Å². The number of hydrogen-bond donors (Lipinski definition) is 1. The highest BCUT2D eigenvalue weighted by Crippen LogP contribution is 2.40. The molecule has 2 aromatic heterocycles. The number of nitrogens with zero attached hydrogens (tertiary/aromatic N) is 3. The summed E-state index contributed by atoms with van der Waals surface area (Å²) < 4.78 is 1.96. The smallest absolute Gasteiger partial charge is 0.159 e. The van der Waals surface area contributed by atoms with E-state index in [9.17, 15) is 0 Å². The first-order valence-corrected chi connectivity index (χ1v) is 5.83. The summed E-state index contributed by atoms with van der Waals surface area (Å²) in [6.45, 7) is 2.18. The molecule has 0 saturated heterocycles. The van der Waals surface area contributed by atoms with E-state index in [0.29, 0.717) is 16.8 Å². The molecule has 0 spiro atoms. The van der Waals surface area contributed by atoms with Gasteiger partial charge in [0, 0.05) is 0 Å². The van der Waals surface area contributed by atoms with Crippen LogP contribution in [0.25, 0.3) is 11.0 Å². The second kappa shape index (κ2) is 3.35. The quantitative estimate of drug-likeness (QED) is 0.872. The zero-order valence-electron chi connectivity index (χ0n) is 9.02. The van der Waals surface area contributed by atoms with Gasteiger partial charge in [0.1, 0.15) is 0 Å². The third kappa shape index (κ3) is 1.37. The Morgan fingerprint density at radius 3 is 2.94 bits per heavy atom. The number of rotatable bonds is 2. The summed E-state index contributed by atoms with van der Waals surface area (Å²) in [4.78, 5) is 4.32. The first kappa shape index (κ1) is 9.90. The van der Waals surface area contributed by atoms with Crippen LogP contribution in [-0.4, -0.2) is 14.8 Å². The van der Waals surface area contributed by atoms with Gasteiger partial charge in [0.25, 0.3) is 0 Å². The molecule has 1 atom stereocenters. The van der Waals surface area contributed by atoms with Gasteiger partial charge in [0.15, 0.2) is 5.65 Å². The van der Waals surface area contributed by atoms with Crippen LogP contribution >= 0.6 is 11.6 Å². The summed E-state index contributed by atoms with van der Waals surface area (Å²) in [5.41, 5.74) is 7.05. The van der Waals surface area contributed by atoms with Gasteiger partial charge in [-0.05, 0) is 25.7 Å². The van der Waals surface area contributed by atoms with Crippen molar-refractivity contribution < 1.29 is 0 Å². The predicted octanol–water partition coefficient (Wildman–Crippen LogP) is 2.64. The predicted molar refractivity (Wildman–Crippen MR) is 64.4 cm³/mol. The average molecular weight is 237 g/mol. The molecule has 1 saturated carbocycles. The molecule has 0 amide bonds. The highest BCUT2D eigenvalue weighted by Gasteiger charge is 2.30. The average Bonchev–Trinajstić information content (AvgIpc) is 3.03. The van der Waals surface area contributed by atoms with Crippen molar-refractivity contribution in [2.45, 2.75) is 25.8 Å². The minimum absolute atomic E-state index is 0.393. The van der Waals surface area contributed by atoms with E-state index in [1.54, 1.807) is 12.4 Å². The Morgan fingerprint density at radius 1 is 1.50 bits per heavy atom. The number of fused-ring (bicyclic) bond motifs is 1. The van der Waals surface area contributed by atoms with Gasteiger partial charge < -0.3 is 5.73 Å². The molecule has 16 heavy (non-hydrogen) atoms. The normalized spacial score (nSPS) is 17.9. The second-order valence-corrected chi connectivity index (χ2v) is 4.81. The van der Waals surface area contributed by atoms with Gasteiger partial charge in [0.05, 0.1) is 34.5 Å². The van der Waals surface area contributed by atoms with E-state index >= 15 is 0 Å². The van der Waals surface area contributed by atoms with Gasteiger partial charge in [-0.25, -0.2) is 9.67 Å². The zero-order valence-corrected chi connectivity index (χ0v) is 9.78. The number of pyridine rings is 1. The molecular formula is C11H13ClN4. The Kier molecular flexibility index (Phi) is 2.07. The lowest BCUT2D eigenvalue weighted by atomic mass is 10.2. The molecule has 3 rings (SSSR count). The fourth-order valence-electron chi connectivity index (χ4n) is 2.06. The Hall–Kier alpha value is -1.29. The fourth-order valence-corrected chi connectivity index (χ4v) is 2.24. The van der Waals surface area contributed by atoms with Crippen molar-refractivity contribution in [3.8, 4) is 0 Å². The van der Waals surface area contributed by atoms with Crippen LogP contribution in [0, 0.1) is 5.92 Å². The highest BCUT2D eigenvalue weighted by molar-refractivity contribution is 6.37. The first-order valence-electron chi connectivity index (χ1n) is 5.45. The van der Waals surface area contributed by atoms with Gasteiger partial charge in [-0.2, -0.15) is 5.10 Å². The Balaban J connectivity index is 2.16. The topological polar surface area (TPSA) is 56.7 Å². The van der Waals surface area contributed by atoms with E-state index < -0.39 is 0 Å². The van der Waals surface area contributed by atoms with E-state index in [1.165, 1.54) is 12.8 Å². The minimum atomic E-state index is 0.393. The minimum Gasteiger partial charge on any atom is -0.396 e. The van der Waals surface area contributed by atoms with Crippen LogP contribution in [0.5, 0.6) is 0 Å². The second-order valence-electron chi connectivity index (χ2n) is 4.43. The summed E-state index contributed by atoms with van der Waals surface area (Å²) in [7, 11) is 0. The number of anilines is 1. The van der Waals surface area contributed by atoms with Crippen LogP contribution in [0.15, 0.2) is 12.4 Å². The molecule has 1 fully saturated rings. The van der Waals surface area contributed by atoms with Gasteiger partial charge in [-0.1, -0.05) is 11.6 Å². The summed E-state index contributed by atoms with van der Waals surface area (Å²) in [6, 6.07) is 0.393. The van der Waals surface area contributed by atoms with Crippen molar-refractivity contribution in [2.75, 3.05) is 5.73 Å². The van der Waals surface area contributed by atoms with Gasteiger partial charge in [-0.3, -0.25) is 0 Å². The van der Waals surface area contributed by atoms with Crippen molar-refractivity contribution in [3.63, 3.8) is 0 Å². The standard InChI is InChI=1S/C11H13ClN4/c1-6(7-2-3-7)16-11-8(4-15-16)10(12)9(13)5-14-11/h4-7H,2-3,13H2,1H3. The van der Waals surface area contributed by atoms with Crippen LogP contribution < -0.4 is 5.73 Å². The Bertz CT molecular complexity index is 544. The van der Waals surface area contributed by atoms with Crippen molar-refractivity contribution in [3.05, 3.63) is 17.4 Å². The molecule has 0 radical (unpaired) electrons.